The number of hydrogen-bond donors (Lipinski definition) is 2. The third-order valence-electron chi connectivity index (χ3n) is 4.13. The van der Waals surface area contributed by atoms with Gasteiger partial charge in [0.15, 0.2) is 6.29 Å². The third-order valence-corrected chi connectivity index (χ3v) is 4.13. The smallest absolute Gasteiger partial charge is 0.302 e. The van der Waals surface area contributed by atoms with Crippen LogP contribution < -0.4 is 5.32 Å². The molecule has 1 saturated heterocycles. The number of carbonyl (C=O) groups excluding carboxylic acids is 2. The minimum atomic E-state index is -1.33. The molecule has 2 rings (SSSR count). The first-order valence-electron chi connectivity index (χ1n) is 8.93. The van der Waals surface area contributed by atoms with Crippen molar-refractivity contribution in [3.8, 4) is 0 Å². The average molecular weight is 381 g/mol. The van der Waals surface area contributed by atoms with Crippen LogP contribution in [0.1, 0.15) is 26.3 Å². The molecule has 8 heteroatoms. The Morgan fingerprint density at radius 1 is 1.15 bits per heavy atom. The van der Waals surface area contributed by atoms with Gasteiger partial charge in [-0.15, -0.1) is 0 Å². The van der Waals surface area contributed by atoms with Crippen molar-refractivity contribution in [2.75, 3.05) is 13.2 Å². The minimum Gasteiger partial charge on any atom is -0.463 e. The molecule has 2 N–H and O–H groups in total. The standard InChI is InChI=1S/C19H27NO7/c1-4-24-17-15(11-25-13(3)22)27-19(23)16(20-12(2)21)18(17)26-10-14-8-6-5-7-9-14/h5-9,15-19,23H,4,10-11H2,1-3H3,(H,20,21)/t15-,16+,17-,18-,19+/m1/s1. The van der Waals surface area contributed by atoms with Crippen molar-refractivity contribution in [1.82, 2.24) is 5.32 Å². The minimum absolute atomic E-state index is 0.0882. The van der Waals surface area contributed by atoms with Crippen LogP contribution in [-0.4, -0.2) is 60.8 Å². The molecule has 1 amide bonds. The van der Waals surface area contributed by atoms with E-state index in [2.05, 4.69) is 5.32 Å². The number of amides is 1. The number of esters is 1. The molecule has 0 radical (unpaired) electrons. The molecule has 0 bridgehead atoms. The van der Waals surface area contributed by atoms with E-state index in [1.165, 1.54) is 13.8 Å². The Labute approximate surface area is 158 Å². The van der Waals surface area contributed by atoms with Crippen molar-refractivity contribution >= 4 is 11.9 Å². The molecule has 0 spiro atoms. The Hall–Kier alpha value is -2.00. The third kappa shape index (κ3) is 6.28. The largest absolute Gasteiger partial charge is 0.463 e. The summed E-state index contributed by atoms with van der Waals surface area (Å²) in [5.74, 6) is -0.793. The summed E-state index contributed by atoms with van der Waals surface area (Å²) in [6.45, 7) is 4.99. The number of benzene rings is 1. The Balaban J connectivity index is 2.21. The maximum absolute atomic E-state index is 11.6. The Morgan fingerprint density at radius 2 is 1.85 bits per heavy atom. The second-order valence-electron chi connectivity index (χ2n) is 6.28. The van der Waals surface area contributed by atoms with Gasteiger partial charge in [-0.3, -0.25) is 9.59 Å². The molecule has 0 aromatic heterocycles. The topological polar surface area (TPSA) is 103 Å². The lowest BCUT2D eigenvalue weighted by atomic mass is 9.96. The van der Waals surface area contributed by atoms with Gasteiger partial charge >= 0.3 is 5.97 Å². The van der Waals surface area contributed by atoms with Crippen LogP contribution in [0.4, 0.5) is 0 Å². The van der Waals surface area contributed by atoms with Crippen molar-refractivity contribution in [2.45, 2.75) is 58.0 Å². The van der Waals surface area contributed by atoms with Gasteiger partial charge in [-0.2, -0.15) is 0 Å². The van der Waals surface area contributed by atoms with E-state index in [-0.39, 0.29) is 19.1 Å². The van der Waals surface area contributed by atoms with E-state index in [0.717, 1.165) is 5.56 Å². The van der Waals surface area contributed by atoms with Crippen LogP contribution >= 0.6 is 0 Å². The predicted molar refractivity (Wildman–Crippen MR) is 95.6 cm³/mol. The molecule has 1 aliphatic heterocycles. The molecule has 1 heterocycles. The summed E-state index contributed by atoms with van der Waals surface area (Å²) >= 11 is 0. The van der Waals surface area contributed by atoms with E-state index in [1.807, 2.05) is 37.3 Å². The number of ether oxygens (including phenoxy) is 4. The van der Waals surface area contributed by atoms with Crippen molar-refractivity contribution in [3.63, 3.8) is 0 Å². The van der Waals surface area contributed by atoms with Gasteiger partial charge in [0.05, 0.1) is 6.61 Å². The molecule has 1 aromatic carbocycles. The highest BCUT2D eigenvalue weighted by Crippen LogP contribution is 2.26. The summed E-state index contributed by atoms with van der Waals surface area (Å²) < 4.78 is 22.4. The number of nitrogens with one attached hydrogen (secondary N) is 1. The molecule has 0 saturated carbocycles. The molecule has 1 fully saturated rings. The summed E-state index contributed by atoms with van der Waals surface area (Å²) in [6, 6.07) is 8.69. The van der Waals surface area contributed by atoms with Gasteiger partial charge in [0.2, 0.25) is 5.91 Å². The molecule has 0 unspecified atom stereocenters. The van der Waals surface area contributed by atoms with Crippen LogP contribution in [0.2, 0.25) is 0 Å². The fourth-order valence-corrected chi connectivity index (χ4v) is 3.00. The van der Waals surface area contributed by atoms with Crippen molar-refractivity contribution in [3.05, 3.63) is 35.9 Å². The first-order chi connectivity index (χ1) is 12.9. The van der Waals surface area contributed by atoms with Crippen molar-refractivity contribution < 1.29 is 33.6 Å². The van der Waals surface area contributed by atoms with E-state index < -0.39 is 36.6 Å². The zero-order chi connectivity index (χ0) is 19.8. The van der Waals surface area contributed by atoms with Gasteiger partial charge in [0, 0.05) is 20.5 Å². The quantitative estimate of drug-likeness (QED) is 0.641. The van der Waals surface area contributed by atoms with Crippen LogP contribution in [-0.2, 0) is 35.1 Å². The second-order valence-corrected chi connectivity index (χ2v) is 6.28. The fourth-order valence-electron chi connectivity index (χ4n) is 3.00. The van der Waals surface area contributed by atoms with Crippen LogP contribution in [0.25, 0.3) is 0 Å². The van der Waals surface area contributed by atoms with E-state index in [0.29, 0.717) is 6.61 Å². The Bertz CT molecular complexity index is 609. The number of hydrogen-bond acceptors (Lipinski definition) is 7. The highest BCUT2D eigenvalue weighted by molar-refractivity contribution is 5.73. The summed E-state index contributed by atoms with van der Waals surface area (Å²) in [5.41, 5.74) is 0.937. The van der Waals surface area contributed by atoms with Crippen LogP contribution in [0.5, 0.6) is 0 Å². The summed E-state index contributed by atoms with van der Waals surface area (Å²) in [4.78, 5) is 22.8. The number of aliphatic hydroxyl groups excluding tert-OH is 1. The molecular formula is C19H27NO7. The first-order valence-corrected chi connectivity index (χ1v) is 8.93. The van der Waals surface area contributed by atoms with Gasteiger partial charge in [-0.05, 0) is 12.5 Å². The molecule has 27 heavy (non-hydrogen) atoms. The van der Waals surface area contributed by atoms with Gasteiger partial charge < -0.3 is 29.4 Å². The SMILES string of the molecule is CCO[C@H]1[C@H](OCc2ccccc2)[C@H](NC(C)=O)[C@@H](O)O[C@@H]1COC(C)=O. The monoisotopic (exact) mass is 381 g/mol. The molecule has 5 atom stereocenters. The Morgan fingerprint density at radius 3 is 2.44 bits per heavy atom. The van der Waals surface area contributed by atoms with Gasteiger partial charge in [0.1, 0.15) is 31.0 Å². The number of carbonyl (C=O) groups is 2. The van der Waals surface area contributed by atoms with E-state index in [4.69, 9.17) is 18.9 Å². The van der Waals surface area contributed by atoms with Gasteiger partial charge in [-0.25, -0.2) is 0 Å². The zero-order valence-electron chi connectivity index (χ0n) is 15.8. The number of rotatable bonds is 8. The van der Waals surface area contributed by atoms with E-state index >= 15 is 0 Å². The van der Waals surface area contributed by atoms with Crippen LogP contribution in [0.15, 0.2) is 30.3 Å². The van der Waals surface area contributed by atoms with Crippen LogP contribution in [0, 0.1) is 0 Å². The van der Waals surface area contributed by atoms with E-state index in [1.54, 1.807) is 0 Å². The lowest BCUT2D eigenvalue weighted by Crippen LogP contribution is -2.65. The van der Waals surface area contributed by atoms with Crippen molar-refractivity contribution in [2.24, 2.45) is 0 Å². The highest BCUT2D eigenvalue weighted by Gasteiger charge is 2.47. The molecule has 1 aliphatic rings. The predicted octanol–water partition coefficient (Wildman–Crippen LogP) is 0.762. The first kappa shape index (κ1) is 21.3. The molecule has 0 aliphatic carbocycles. The number of aliphatic hydroxyl groups is 1. The lowest BCUT2D eigenvalue weighted by molar-refractivity contribution is -0.273. The maximum Gasteiger partial charge on any atom is 0.302 e. The highest BCUT2D eigenvalue weighted by atomic mass is 16.7. The molecule has 8 nitrogen and oxygen atoms in total. The molecular weight excluding hydrogens is 354 g/mol. The second kappa shape index (κ2) is 10.4. The molecule has 1 aromatic rings. The van der Waals surface area contributed by atoms with Gasteiger partial charge in [0.25, 0.3) is 0 Å². The normalized spacial score (nSPS) is 27.8. The zero-order valence-corrected chi connectivity index (χ0v) is 15.8. The van der Waals surface area contributed by atoms with Crippen LogP contribution in [0.3, 0.4) is 0 Å². The molecule has 150 valence electrons. The Kier molecular flexibility index (Phi) is 8.18. The lowest BCUT2D eigenvalue weighted by Gasteiger charge is -2.44. The summed E-state index contributed by atoms with van der Waals surface area (Å²) in [5, 5.41) is 13.1. The van der Waals surface area contributed by atoms with Gasteiger partial charge in [-0.1, -0.05) is 30.3 Å². The summed E-state index contributed by atoms with van der Waals surface area (Å²) in [7, 11) is 0. The average Bonchev–Trinajstić information content (AvgIpc) is 2.63. The van der Waals surface area contributed by atoms with E-state index in [9.17, 15) is 14.7 Å². The summed E-state index contributed by atoms with van der Waals surface area (Å²) in [6.07, 6.45) is -3.39. The van der Waals surface area contributed by atoms with Crippen molar-refractivity contribution in [1.29, 1.82) is 0 Å². The fraction of sp³-hybridized carbons (Fsp3) is 0.579. The maximum atomic E-state index is 11.6.